The molecule has 0 unspecified atom stereocenters. The summed E-state index contributed by atoms with van der Waals surface area (Å²) in [6, 6.07) is 9.26. The predicted octanol–water partition coefficient (Wildman–Crippen LogP) is 1.92. The van der Waals surface area contributed by atoms with Crippen LogP contribution in [0, 0.1) is 11.3 Å². The topological polar surface area (TPSA) is 90.2 Å². The second-order valence-corrected chi connectivity index (χ2v) is 4.57. The Labute approximate surface area is 117 Å². The average molecular weight is 272 g/mol. The molecule has 0 spiro atoms. The van der Waals surface area contributed by atoms with Gasteiger partial charge < -0.3 is 10.4 Å². The van der Waals surface area contributed by atoms with E-state index in [2.05, 4.69) is 19.2 Å². The van der Waals surface area contributed by atoms with Crippen LogP contribution in [0.5, 0.6) is 0 Å². The molecule has 5 nitrogen and oxygen atoms in total. The Kier molecular flexibility index (Phi) is 5.48. The molecule has 0 aliphatic rings. The highest BCUT2D eigenvalue weighted by Gasteiger charge is 2.10. The number of nitrogens with zero attached hydrogens (tertiary/aromatic N) is 1. The lowest BCUT2D eigenvalue weighted by molar-refractivity contribution is -0.137. The number of carboxylic acids is 1. The fraction of sp³-hybridized carbons (Fsp3) is 0.267. The minimum atomic E-state index is -1.16. The Morgan fingerprint density at radius 2 is 1.95 bits per heavy atom. The van der Waals surface area contributed by atoms with Gasteiger partial charge >= 0.3 is 5.97 Å². The molecule has 0 aromatic heterocycles. The van der Waals surface area contributed by atoms with Crippen molar-refractivity contribution in [3.8, 4) is 6.07 Å². The quantitative estimate of drug-likeness (QED) is 0.633. The maximum Gasteiger partial charge on any atom is 0.322 e. The van der Waals surface area contributed by atoms with Gasteiger partial charge in [0.25, 0.3) is 5.91 Å². The Morgan fingerprint density at radius 1 is 1.35 bits per heavy atom. The molecule has 1 aromatic rings. The fourth-order valence-electron chi connectivity index (χ4n) is 1.54. The number of nitrogens with one attached hydrogen (secondary N) is 1. The number of nitriles is 1. The van der Waals surface area contributed by atoms with E-state index in [1.807, 2.05) is 24.3 Å². The van der Waals surface area contributed by atoms with Crippen molar-refractivity contribution in [2.75, 3.05) is 6.54 Å². The molecule has 0 atom stereocenters. The first kappa shape index (κ1) is 15.4. The van der Waals surface area contributed by atoms with E-state index in [1.165, 1.54) is 6.08 Å². The third-order valence-electron chi connectivity index (χ3n) is 2.68. The van der Waals surface area contributed by atoms with Crippen LogP contribution in [-0.4, -0.2) is 23.5 Å². The number of benzene rings is 1. The summed E-state index contributed by atoms with van der Waals surface area (Å²) in [5, 5.41) is 19.6. The van der Waals surface area contributed by atoms with E-state index in [4.69, 9.17) is 10.4 Å². The second kappa shape index (κ2) is 7.10. The van der Waals surface area contributed by atoms with Crippen LogP contribution in [-0.2, 0) is 9.59 Å². The lowest BCUT2D eigenvalue weighted by atomic mass is 10.0. The molecule has 0 radical (unpaired) electrons. The Balaban J connectivity index is 2.86. The molecule has 1 rings (SSSR count). The SMILES string of the molecule is CC(C)c1ccc(/C=C(/C#N)C(=O)NCC(=O)O)cc1. The van der Waals surface area contributed by atoms with Gasteiger partial charge in [-0.2, -0.15) is 5.26 Å². The molecule has 0 saturated heterocycles. The largest absolute Gasteiger partial charge is 0.480 e. The number of carbonyl (C=O) groups is 2. The normalized spacial score (nSPS) is 11.0. The van der Waals surface area contributed by atoms with E-state index < -0.39 is 18.4 Å². The maximum atomic E-state index is 11.6. The van der Waals surface area contributed by atoms with Gasteiger partial charge in [0, 0.05) is 0 Å². The van der Waals surface area contributed by atoms with E-state index in [0.29, 0.717) is 5.92 Å². The zero-order valence-electron chi connectivity index (χ0n) is 11.4. The first-order valence-corrected chi connectivity index (χ1v) is 6.15. The predicted molar refractivity (Wildman–Crippen MR) is 74.8 cm³/mol. The van der Waals surface area contributed by atoms with E-state index in [-0.39, 0.29) is 5.57 Å². The van der Waals surface area contributed by atoms with Crippen LogP contribution in [0.1, 0.15) is 30.9 Å². The van der Waals surface area contributed by atoms with Crippen molar-refractivity contribution in [3.05, 3.63) is 41.0 Å². The van der Waals surface area contributed by atoms with E-state index in [0.717, 1.165) is 11.1 Å². The lowest BCUT2D eigenvalue weighted by Gasteiger charge is -2.05. The van der Waals surface area contributed by atoms with Crippen LogP contribution in [0.3, 0.4) is 0 Å². The van der Waals surface area contributed by atoms with Crippen LogP contribution < -0.4 is 5.32 Å². The summed E-state index contributed by atoms with van der Waals surface area (Å²) in [5.41, 5.74) is 1.76. The molecule has 1 aromatic carbocycles. The molecule has 104 valence electrons. The number of hydrogen-bond acceptors (Lipinski definition) is 3. The molecule has 2 N–H and O–H groups in total. The number of carboxylic acid groups (broad SMARTS) is 1. The molecular formula is C15H16N2O3. The van der Waals surface area contributed by atoms with Crippen LogP contribution >= 0.6 is 0 Å². The molecule has 5 heteroatoms. The average Bonchev–Trinajstić information content (AvgIpc) is 2.42. The number of amides is 1. The van der Waals surface area contributed by atoms with Crippen LogP contribution in [0.2, 0.25) is 0 Å². The lowest BCUT2D eigenvalue weighted by Crippen LogP contribution is -2.30. The van der Waals surface area contributed by atoms with Gasteiger partial charge in [-0.1, -0.05) is 38.1 Å². The van der Waals surface area contributed by atoms with Crippen LogP contribution in [0.25, 0.3) is 6.08 Å². The van der Waals surface area contributed by atoms with Crippen molar-refractivity contribution in [1.82, 2.24) is 5.32 Å². The number of aliphatic carboxylic acids is 1. The number of rotatable bonds is 5. The van der Waals surface area contributed by atoms with Gasteiger partial charge in [0.2, 0.25) is 0 Å². The Morgan fingerprint density at radius 3 is 2.40 bits per heavy atom. The highest BCUT2D eigenvalue weighted by Crippen LogP contribution is 2.16. The fourth-order valence-corrected chi connectivity index (χ4v) is 1.54. The molecule has 0 aliphatic heterocycles. The first-order valence-electron chi connectivity index (χ1n) is 6.15. The molecule has 0 saturated carbocycles. The Bertz CT molecular complexity index is 566. The van der Waals surface area contributed by atoms with Crippen molar-refractivity contribution >= 4 is 18.0 Å². The van der Waals surface area contributed by atoms with Crippen LogP contribution in [0.4, 0.5) is 0 Å². The van der Waals surface area contributed by atoms with Crippen LogP contribution in [0.15, 0.2) is 29.8 Å². The Hall–Kier alpha value is -2.61. The van der Waals surface area contributed by atoms with Gasteiger partial charge in [0.05, 0.1) is 0 Å². The van der Waals surface area contributed by atoms with Gasteiger partial charge in [-0.15, -0.1) is 0 Å². The van der Waals surface area contributed by atoms with Crippen molar-refractivity contribution < 1.29 is 14.7 Å². The summed E-state index contributed by atoms with van der Waals surface area (Å²) < 4.78 is 0. The van der Waals surface area contributed by atoms with Crippen molar-refractivity contribution in [3.63, 3.8) is 0 Å². The van der Waals surface area contributed by atoms with Crippen molar-refractivity contribution in [1.29, 1.82) is 5.26 Å². The summed E-state index contributed by atoms with van der Waals surface area (Å²) in [4.78, 5) is 22.0. The van der Waals surface area contributed by atoms with E-state index >= 15 is 0 Å². The third-order valence-corrected chi connectivity index (χ3v) is 2.68. The van der Waals surface area contributed by atoms with E-state index in [1.54, 1.807) is 6.07 Å². The second-order valence-electron chi connectivity index (χ2n) is 4.57. The molecule has 0 bridgehead atoms. The summed E-state index contributed by atoms with van der Waals surface area (Å²) in [6.07, 6.45) is 1.43. The van der Waals surface area contributed by atoms with Gasteiger partial charge in [-0.3, -0.25) is 9.59 Å². The first-order chi connectivity index (χ1) is 9.43. The summed E-state index contributed by atoms with van der Waals surface area (Å²) in [7, 11) is 0. The highest BCUT2D eigenvalue weighted by molar-refractivity contribution is 6.02. The van der Waals surface area contributed by atoms with Gasteiger partial charge in [0.15, 0.2) is 0 Å². The zero-order chi connectivity index (χ0) is 15.1. The van der Waals surface area contributed by atoms with Gasteiger partial charge in [-0.05, 0) is 23.1 Å². The third kappa shape index (κ3) is 4.58. The monoisotopic (exact) mass is 272 g/mol. The molecule has 0 aliphatic carbocycles. The molecule has 1 amide bonds. The highest BCUT2D eigenvalue weighted by atomic mass is 16.4. The smallest absolute Gasteiger partial charge is 0.322 e. The number of hydrogen-bond donors (Lipinski definition) is 2. The summed E-state index contributed by atoms with van der Waals surface area (Å²) in [6.45, 7) is 3.64. The zero-order valence-corrected chi connectivity index (χ0v) is 11.4. The minimum Gasteiger partial charge on any atom is -0.480 e. The van der Waals surface area contributed by atoms with Crippen molar-refractivity contribution in [2.45, 2.75) is 19.8 Å². The molecular weight excluding hydrogens is 256 g/mol. The maximum absolute atomic E-state index is 11.6. The standard InChI is InChI=1S/C15H16N2O3/c1-10(2)12-5-3-11(4-6-12)7-13(8-16)15(20)17-9-14(18)19/h3-7,10H,9H2,1-2H3,(H,17,20)(H,18,19)/b13-7-. The summed E-state index contributed by atoms with van der Waals surface area (Å²) in [5.74, 6) is -1.44. The molecule has 0 fully saturated rings. The van der Waals surface area contributed by atoms with Gasteiger partial charge in [0.1, 0.15) is 18.2 Å². The molecule has 0 heterocycles. The minimum absolute atomic E-state index is 0.122. The molecule has 20 heavy (non-hydrogen) atoms. The van der Waals surface area contributed by atoms with E-state index in [9.17, 15) is 9.59 Å². The number of carbonyl (C=O) groups excluding carboxylic acids is 1. The van der Waals surface area contributed by atoms with Gasteiger partial charge in [-0.25, -0.2) is 0 Å². The summed E-state index contributed by atoms with van der Waals surface area (Å²) >= 11 is 0. The van der Waals surface area contributed by atoms with Crippen molar-refractivity contribution in [2.24, 2.45) is 0 Å².